The Morgan fingerprint density at radius 3 is 2.60 bits per heavy atom. The van der Waals surface area contributed by atoms with Crippen LogP contribution < -0.4 is 10.1 Å². The highest BCUT2D eigenvalue weighted by Crippen LogP contribution is 2.22. The molecular formula is C17H19NO2. The van der Waals surface area contributed by atoms with E-state index in [0.717, 1.165) is 22.4 Å². The molecule has 0 fully saturated rings. The Bertz CT molecular complexity index is 579. The van der Waals surface area contributed by atoms with Crippen LogP contribution >= 0.6 is 0 Å². The molecule has 3 nitrogen and oxygen atoms in total. The summed E-state index contributed by atoms with van der Waals surface area (Å²) in [4.78, 5) is 11.5. The standard InChI is InChI=1S/C15H13NO2.C2H6/c17-15-14-8-13(7-6-12(14)9-16-15)18-10-11-4-2-1-3-5-11;1-2/h1-8H,9-10H2,(H,16,17);1-2H3. The molecule has 1 aliphatic heterocycles. The van der Waals surface area contributed by atoms with Gasteiger partial charge >= 0.3 is 0 Å². The summed E-state index contributed by atoms with van der Waals surface area (Å²) in [7, 11) is 0. The molecular weight excluding hydrogens is 250 g/mol. The molecule has 0 radical (unpaired) electrons. The Labute approximate surface area is 119 Å². The summed E-state index contributed by atoms with van der Waals surface area (Å²) in [6, 6.07) is 15.6. The quantitative estimate of drug-likeness (QED) is 0.925. The first-order valence-corrected chi connectivity index (χ1v) is 6.91. The smallest absolute Gasteiger partial charge is 0.252 e. The van der Waals surface area contributed by atoms with Gasteiger partial charge in [0.1, 0.15) is 12.4 Å². The normalized spacial score (nSPS) is 12.0. The second-order valence-corrected chi connectivity index (χ2v) is 4.28. The minimum Gasteiger partial charge on any atom is -0.489 e. The van der Waals surface area contributed by atoms with Gasteiger partial charge in [-0.2, -0.15) is 0 Å². The number of carbonyl (C=O) groups excluding carboxylic acids is 1. The molecule has 1 N–H and O–H groups in total. The Morgan fingerprint density at radius 1 is 1.10 bits per heavy atom. The lowest BCUT2D eigenvalue weighted by Gasteiger charge is -2.07. The van der Waals surface area contributed by atoms with E-state index < -0.39 is 0 Å². The molecule has 1 amide bonds. The molecule has 0 aromatic heterocycles. The zero-order valence-electron chi connectivity index (χ0n) is 11.8. The zero-order chi connectivity index (χ0) is 14.4. The number of benzene rings is 2. The van der Waals surface area contributed by atoms with Crippen LogP contribution in [0.2, 0.25) is 0 Å². The van der Waals surface area contributed by atoms with Crippen LogP contribution in [0.3, 0.4) is 0 Å². The van der Waals surface area contributed by atoms with E-state index in [1.807, 2.05) is 56.3 Å². The van der Waals surface area contributed by atoms with E-state index in [0.29, 0.717) is 13.2 Å². The number of fused-ring (bicyclic) bond motifs is 1. The van der Waals surface area contributed by atoms with Crippen LogP contribution in [0.1, 0.15) is 35.3 Å². The lowest BCUT2D eigenvalue weighted by molar-refractivity contribution is 0.0965. The maximum absolute atomic E-state index is 11.5. The summed E-state index contributed by atoms with van der Waals surface area (Å²) < 4.78 is 5.69. The molecule has 0 aliphatic carbocycles. The summed E-state index contributed by atoms with van der Waals surface area (Å²) in [6.07, 6.45) is 0. The number of hydrogen-bond donors (Lipinski definition) is 1. The molecule has 20 heavy (non-hydrogen) atoms. The first-order valence-electron chi connectivity index (χ1n) is 6.91. The van der Waals surface area contributed by atoms with Gasteiger partial charge < -0.3 is 10.1 Å². The lowest BCUT2D eigenvalue weighted by Crippen LogP contribution is -2.12. The van der Waals surface area contributed by atoms with E-state index in [-0.39, 0.29) is 5.91 Å². The monoisotopic (exact) mass is 269 g/mol. The van der Waals surface area contributed by atoms with Gasteiger partial charge in [-0.25, -0.2) is 0 Å². The average molecular weight is 269 g/mol. The van der Waals surface area contributed by atoms with Gasteiger partial charge in [-0.3, -0.25) is 4.79 Å². The Kier molecular flexibility index (Phi) is 4.77. The molecule has 0 atom stereocenters. The molecule has 2 aromatic carbocycles. The number of nitrogens with one attached hydrogen (secondary N) is 1. The second kappa shape index (κ2) is 6.75. The van der Waals surface area contributed by atoms with E-state index in [2.05, 4.69) is 5.32 Å². The molecule has 0 saturated heterocycles. The number of carbonyl (C=O) groups is 1. The SMILES string of the molecule is CC.O=C1NCc2ccc(OCc3ccccc3)cc21. The van der Waals surface area contributed by atoms with Crippen LogP contribution in [0.4, 0.5) is 0 Å². The zero-order valence-corrected chi connectivity index (χ0v) is 11.8. The summed E-state index contributed by atoms with van der Waals surface area (Å²) in [5.41, 5.74) is 2.87. The Balaban J connectivity index is 0.000000704. The molecule has 0 saturated carbocycles. The lowest BCUT2D eigenvalue weighted by atomic mass is 10.1. The summed E-state index contributed by atoms with van der Waals surface area (Å²) in [6.45, 7) is 5.13. The molecule has 0 bridgehead atoms. The van der Waals surface area contributed by atoms with E-state index in [1.165, 1.54) is 0 Å². The number of ether oxygens (including phenoxy) is 1. The fraction of sp³-hybridized carbons (Fsp3) is 0.235. The maximum Gasteiger partial charge on any atom is 0.252 e. The average Bonchev–Trinajstić information content (AvgIpc) is 2.89. The van der Waals surface area contributed by atoms with Gasteiger partial charge in [0.2, 0.25) is 0 Å². The molecule has 1 heterocycles. The van der Waals surface area contributed by atoms with E-state index >= 15 is 0 Å². The Morgan fingerprint density at radius 2 is 1.85 bits per heavy atom. The van der Waals surface area contributed by atoms with Crippen LogP contribution in [0.25, 0.3) is 0 Å². The van der Waals surface area contributed by atoms with Gasteiger partial charge in [0.05, 0.1) is 0 Å². The topological polar surface area (TPSA) is 38.3 Å². The van der Waals surface area contributed by atoms with Gasteiger partial charge in [-0.05, 0) is 23.3 Å². The first-order chi connectivity index (χ1) is 9.83. The van der Waals surface area contributed by atoms with Crippen molar-refractivity contribution in [2.24, 2.45) is 0 Å². The fourth-order valence-electron chi connectivity index (χ4n) is 2.02. The third-order valence-corrected chi connectivity index (χ3v) is 3.01. The summed E-state index contributed by atoms with van der Waals surface area (Å²) in [5, 5.41) is 2.79. The van der Waals surface area contributed by atoms with Crippen LogP contribution in [-0.2, 0) is 13.2 Å². The van der Waals surface area contributed by atoms with Crippen molar-refractivity contribution in [2.45, 2.75) is 27.0 Å². The summed E-state index contributed by atoms with van der Waals surface area (Å²) in [5.74, 6) is 0.713. The predicted octanol–water partition coefficient (Wildman–Crippen LogP) is 3.54. The van der Waals surface area contributed by atoms with Crippen molar-refractivity contribution < 1.29 is 9.53 Å². The van der Waals surface area contributed by atoms with Crippen LogP contribution in [0, 0.1) is 0 Å². The largest absolute Gasteiger partial charge is 0.489 e. The molecule has 3 heteroatoms. The molecule has 2 aromatic rings. The van der Waals surface area contributed by atoms with Crippen LogP contribution in [0.5, 0.6) is 5.75 Å². The highest BCUT2D eigenvalue weighted by atomic mass is 16.5. The number of hydrogen-bond acceptors (Lipinski definition) is 2. The maximum atomic E-state index is 11.5. The van der Waals surface area contributed by atoms with Gasteiger partial charge in [0, 0.05) is 12.1 Å². The van der Waals surface area contributed by atoms with E-state index in [1.54, 1.807) is 6.07 Å². The summed E-state index contributed by atoms with van der Waals surface area (Å²) >= 11 is 0. The van der Waals surface area contributed by atoms with Crippen molar-refractivity contribution in [3.05, 3.63) is 65.2 Å². The highest BCUT2D eigenvalue weighted by Gasteiger charge is 2.18. The second-order valence-electron chi connectivity index (χ2n) is 4.28. The van der Waals surface area contributed by atoms with Gasteiger partial charge in [0.15, 0.2) is 0 Å². The van der Waals surface area contributed by atoms with Gasteiger partial charge in [-0.1, -0.05) is 50.2 Å². The molecule has 104 valence electrons. The van der Waals surface area contributed by atoms with Gasteiger partial charge in [-0.15, -0.1) is 0 Å². The van der Waals surface area contributed by atoms with E-state index in [4.69, 9.17) is 4.74 Å². The first kappa shape index (κ1) is 14.1. The van der Waals surface area contributed by atoms with Crippen molar-refractivity contribution >= 4 is 5.91 Å². The predicted molar refractivity (Wildman–Crippen MR) is 79.7 cm³/mol. The molecule has 0 spiro atoms. The van der Waals surface area contributed by atoms with Crippen molar-refractivity contribution in [1.29, 1.82) is 0 Å². The molecule has 1 aliphatic rings. The molecule has 3 rings (SSSR count). The fourth-order valence-corrected chi connectivity index (χ4v) is 2.02. The Hall–Kier alpha value is -2.29. The minimum atomic E-state index is -0.0184. The third kappa shape index (κ3) is 3.18. The third-order valence-electron chi connectivity index (χ3n) is 3.01. The van der Waals surface area contributed by atoms with E-state index in [9.17, 15) is 4.79 Å². The van der Waals surface area contributed by atoms with Crippen LogP contribution in [-0.4, -0.2) is 5.91 Å². The number of rotatable bonds is 3. The van der Waals surface area contributed by atoms with Crippen molar-refractivity contribution in [2.75, 3.05) is 0 Å². The highest BCUT2D eigenvalue weighted by molar-refractivity contribution is 5.98. The molecule has 0 unspecified atom stereocenters. The minimum absolute atomic E-state index is 0.0184. The van der Waals surface area contributed by atoms with Crippen molar-refractivity contribution in [3.63, 3.8) is 0 Å². The van der Waals surface area contributed by atoms with Crippen molar-refractivity contribution in [3.8, 4) is 5.75 Å². The van der Waals surface area contributed by atoms with Crippen molar-refractivity contribution in [1.82, 2.24) is 5.32 Å². The van der Waals surface area contributed by atoms with Gasteiger partial charge in [0.25, 0.3) is 5.91 Å². The number of amides is 1. The van der Waals surface area contributed by atoms with Crippen LogP contribution in [0.15, 0.2) is 48.5 Å².